The lowest BCUT2D eigenvalue weighted by molar-refractivity contribution is -0.130. The van der Waals surface area contributed by atoms with E-state index in [1.165, 1.54) is 30.0 Å². The molecule has 0 aliphatic carbocycles. The Bertz CT molecular complexity index is 1290. The van der Waals surface area contributed by atoms with Gasteiger partial charge in [0.1, 0.15) is 5.75 Å². The van der Waals surface area contributed by atoms with Crippen LogP contribution in [0.1, 0.15) is 75.4 Å². The zero-order valence-corrected chi connectivity index (χ0v) is 26.4. The number of halogens is 3. The number of nitrogens with one attached hydrogen (secondary N) is 2. The van der Waals surface area contributed by atoms with Gasteiger partial charge in [0.2, 0.25) is 0 Å². The van der Waals surface area contributed by atoms with E-state index in [2.05, 4.69) is 86.3 Å². The SMILES string of the molecule is CCC(F)(F)F.COc1cc(C(=O)O)ccc1NCC#C/C(=C/c1c(C)cccc1NC1CCN(C(C)C)CC1)C(C)C. The summed E-state index contributed by atoms with van der Waals surface area (Å²) in [5.74, 6) is 6.37. The number of carboxylic acids is 1. The summed E-state index contributed by atoms with van der Waals surface area (Å²) in [7, 11) is 1.53. The van der Waals surface area contributed by atoms with E-state index in [4.69, 9.17) is 4.74 Å². The summed E-state index contributed by atoms with van der Waals surface area (Å²) in [6.45, 7) is 14.8. The quantitative estimate of drug-likeness (QED) is 0.252. The number of allylic oxidation sites excluding steroid dienone is 1. The summed E-state index contributed by atoms with van der Waals surface area (Å²) < 4.78 is 37.7. The Labute approximate surface area is 254 Å². The van der Waals surface area contributed by atoms with E-state index in [9.17, 15) is 23.1 Å². The van der Waals surface area contributed by atoms with Gasteiger partial charge in [0.25, 0.3) is 0 Å². The van der Waals surface area contributed by atoms with E-state index >= 15 is 0 Å². The first-order valence-corrected chi connectivity index (χ1v) is 14.8. The number of piperidine rings is 1. The first-order chi connectivity index (χ1) is 20.2. The predicted octanol–water partition coefficient (Wildman–Crippen LogP) is 8.10. The molecule has 0 aromatic heterocycles. The number of carboxylic acid groups (broad SMARTS) is 1. The summed E-state index contributed by atoms with van der Waals surface area (Å²) in [6, 6.07) is 12.3. The molecule has 0 bridgehead atoms. The van der Waals surface area contributed by atoms with Crippen molar-refractivity contribution < 1.29 is 27.8 Å². The number of ether oxygens (including phenoxy) is 1. The second-order valence-corrected chi connectivity index (χ2v) is 11.2. The van der Waals surface area contributed by atoms with Crippen LogP contribution in [-0.2, 0) is 0 Å². The Morgan fingerprint density at radius 1 is 1.14 bits per heavy atom. The van der Waals surface area contributed by atoms with Crippen molar-refractivity contribution in [3.05, 3.63) is 58.7 Å². The highest BCUT2D eigenvalue weighted by Gasteiger charge is 2.23. The number of likely N-dealkylation sites (tertiary alicyclic amines) is 1. The van der Waals surface area contributed by atoms with Crippen molar-refractivity contribution in [1.29, 1.82) is 0 Å². The normalized spacial score (nSPS) is 14.5. The van der Waals surface area contributed by atoms with Crippen molar-refractivity contribution in [2.24, 2.45) is 5.92 Å². The number of carbonyl (C=O) groups is 1. The number of anilines is 2. The number of aryl methyl sites for hydroxylation is 1. The van der Waals surface area contributed by atoms with Crippen LogP contribution in [0.5, 0.6) is 5.75 Å². The molecular weight excluding hydrogens is 555 g/mol. The van der Waals surface area contributed by atoms with Crippen LogP contribution in [0.15, 0.2) is 42.0 Å². The second-order valence-electron chi connectivity index (χ2n) is 11.2. The molecule has 1 aliphatic rings. The average Bonchev–Trinajstić information content (AvgIpc) is 2.96. The molecule has 6 nitrogen and oxygen atoms in total. The molecule has 1 aliphatic heterocycles. The number of hydrogen-bond donors (Lipinski definition) is 3. The van der Waals surface area contributed by atoms with E-state index in [-0.39, 0.29) is 11.5 Å². The molecule has 236 valence electrons. The molecular formula is C34H46F3N3O3. The zero-order valence-electron chi connectivity index (χ0n) is 26.4. The van der Waals surface area contributed by atoms with Crippen molar-refractivity contribution >= 4 is 23.4 Å². The summed E-state index contributed by atoms with van der Waals surface area (Å²) >= 11 is 0. The fourth-order valence-electron chi connectivity index (χ4n) is 4.54. The van der Waals surface area contributed by atoms with Gasteiger partial charge in [0.05, 0.1) is 24.9 Å². The molecule has 2 aromatic carbocycles. The lowest BCUT2D eigenvalue weighted by Crippen LogP contribution is -2.42. The van der Waals surface area contributed by atoms with Crippen LogP contribution in [0.4, 0.5) is 24.5 Å². The highest BCUT2D eigenvalue weighted by molar-refractivity contribution is 5.89. The van der Waals surface area contributed by atoms with Gasteiger partial charge in [-0.05, 0) is 75.4 Å². The Kier molecular flexibility index (Phi) is 13.9. The third-order valence-corrected chi connectivity index (χ3v) is 7.31. The summed E-state index contributed by atoms with van der Waals surface area (Å²) in [5.41, 5.74) is 5.57. The number of benzene rings is 2. The van der Waals surface area contributed by atoms with Gasteiger partial charge in [0, 0.05) is 48.4 Å². The molecule has 1 heterocycles. The minimum absolute atomic E-state index is 0.187. The summed E-state index contributed by atoms with van der Waals surface area (Å²) in [5, 5.41) is 16.3. The van der Waals surface area contributed by atoms with Crippen molar-refractivity contribution in [1.82, 2.24) is 4.90 Å². The van der Waals surface area contributed by atoms with Crippen molar-refractivity contribution in [3.8, 4) is 17.6 Å². The molecule has 0 radical (unpaired) electrons. The van der Waals surface area contributed by atoms with E-state index < -0.39 is 18.6 Å². The Hall–Kier alpha value is -3.64. The largest absolute Gasteiger partial charge is 0.495 e. The lowest BCUT2D eigenvalue weighted by atomic mass is 9.96. The number of aromatic carboxylic acids is 1. The maximum Gasteiger partial charge on any atom is 0.388 e. The number of alkyl halides is 3. The van der Waals surface area contributed by atoms with Crippen LogP contribution in [0.2, 0.25) is 0 Å². The maximum atomic E-state index is 11.2. The van der Waals surface area contributed by atoms with E-state index in [1.54, 1.807) is 12.1 Å². The number of methoxy groups -OCH3 is 1. The molecule has 1 fully saturated rings. The predicted molar refractivity (Wildman–Crippen MR) is 170 cm³/mol. The van der Waals surface area contributed by atoms with E-state index in [0.717, 1.165) is 38.4 Å². The third-order valence-electron chi connectivity index (χ3n) is 7.31. The number of hydrogen-bond acceptors (Lipinski definition) is 5. The molecule has 1 saturated heterocycles. The fraction of sp³-hybridized carbons (Fsp3) is 0.500. The molecule has 2 aromatic rings. The minimum Gasteiger partial charge on any atom is -0.495 e. The first kappa shape index (κ1) is 35.6. The molecule has 0 saturated carbocycles. The molecule has 0 spiro atoms. The summed E-state index contributed by atoms with van der Waals surface area (Å²) in [6.07, 6.45) is -0.169. The molecule has 9 heteroatoms. The lowest BCUT2D eigenvalue weighted by Gasteiger charge is -2.35. The molecule has 3 rings (SSSR count). The van der Waals surface area contributed by atoms with Crippen LogP contribution in [0.25, 0.3) is 6.08 Å². The third kappa shape index (κ3) is 11.9. The Morgan fingerprint density at radius 3 is 2.33 bits per heavy atom. The smallest absolute Gasteiger partial charge is 0.388 e. The van der Waals surface area contributed by atoms with Gasteiger partial charge >= 0.3 is 12.1 Å². The second kappa shape index (κ2) is 16.9. The van der Waals surface area contributed by atoms with Gasteiger partial charge in [-0.2, -0.15) is 13.2 Å². The molecule has 0 atom stereocenters. The maximum absolute atomic E-state index is 11.2. The minimum atomic E-state index is -3.96. The molecule has 3 N–H and O–H groups in total. The summed E-state index contributed by atoms with van der Waals surface area (Å²) in [4.78, 5) is 13.8. The fourth-order valence-corrected chi connectivity index (χ4v) is 4.54. The van der Waals surface area contributed by atoms with Gasteiger partial charge in [-0.1, -0.05) is 44.7 Å². The number of nitrogens with zero attached hydrogens (tertiary/aromatic N) is 1. The number of rotatable bonds is 9. The highest BCUT2D eigenvalue weighted by atomic mass is 19.4. The van der Waals surface area contributed by atoms with Crippen LogP contribution in [0, 0.1) is 24.7 Å². The van der Waals surface area contributed by atoms with E-state index in [0.29, 0.717) is 30.1 Å². The molecule has 0 unspecified atom stereocenters. The Morgan fingerprint density at radius 2 is 1.79 bits per heavy atom. The van der Waals surface area contributed by atoms with Crippen molar-refractivity contribution in [3.63, 3.8) is 0 Å². The zero-order chi connectivity index (χ0) is 32.2. The van der Waals surface area contributed by atoms with Gasteiger partial charge in [-0.15, -0.1) is 0 Å². The Balaban J connectivity index is 0.000000973. The van der Waals surface area contributed by atoms with Crippen molar-refractivity contribution in [2.45, 2.75) is 79.1 Å². The van der Waals surface area contributed by atoms with E-state index in [1.807, 2.05) is 0 Å². The highest BCUT2D eigenvalue weighted by Crippen LogP contribution is 2.28. The molecule has 43 heavy (non-hydrogen) atoms. The average molecular weight is 602 g/mol. The topological polar surface area (TPSA) is 73.8 Å². The van der Waals surface area contributed by atoms with Crippen LogP contribution in [0.3, 0.4) is 0 Å². The molecule has 0 amide bonds. The van der Waals surface area contributed by atoms with Crippen LogP contribution >= 0.6 is 0 Å². The van der Waals surface area contributed by atoms with Crippen molar-refractivity contribution in [2.75, 3.05) is 37.4 Å². The van der Waals surface area contributed by atoms with Gasteiger partial charge in [0.15, 0.2) is 0 Å². The van der Waals surface area contributed by atoms with Crippen LogP contribution in [-0.4, -0.2) is 61.0 Å². The van der Waals surface area contributed by atoms with Crippen LogP contribution < -0.4 is 15.4 Å². The van der Waals surface area contributed by atoms with Gasteiger partial charge in [-0.3, -0.25) is 0 Å². The standard InChI is InChI=1S/C31H41N3O3.C3H5F3/c1-21(2)24(10-8-16-32-29-13-12-25(31(35)36)20-30(29)37-6)19-27-23(5)9-7-11-28(27)33-26-14-17-34(18-15-26)22(3)4;1-2-3(4,5)6/h7,9,11-13,19-22,26,32-33H,14-18H2,1-6H3,(H,35,36);2H2,1H3/b24-19-;. The van der Waals surface area contributed by atoms with Gasteiger partial charge < -0.3 is 25.4 Å². The van der Waals surface area contributed by atoms with Gasteiger partial charge in [-0.25, -0.2) is 4.79 Å². The first-order valence-electron chi connectivity index (χ1n) is 14.8. The monoisotopic (exact) mass is 601 g/mol.